The molecule has 1 aliphatic heterocycles. The molecule has 0 spiro atoms. The number of rotatable bonds is 5. The topological polar surface area (TPSA) is 52.6 Å². The van der Waals surface area contributed by atoms with Gasteiger partial charge in [-0.05, 0) is 26.7 Å². The van der Waals surface area contributed by atoms with E-state index in [0.29, 0.717) is 19.6 Å². The molecule has 1 saturated heterocycles. The van der Waals surface area contributed by atoms with E-state index < -0.39 is 6.43 Å². The zero-order valence-corrected chi connectivity index (χ0v) is 14.7. The number of nitrogens with one attached hydrogen (secondary N) is 2. The van der Waals surface area contributed by atoms with Crippen LogP contribution in [0.4, 0.5) is 8.78 Å². The van der Waals surface area contributed by atoms with Crippen LogP contribution in [-0.4, -0.2) is 55.0 Å². The molecular weight excluding hydrogens is 320 g/mol. The summed E-state index contributed by atoms with van der Waals surface area (Å²) in [6.45, 7) is 5.99. The second-order valence-electron chi connectivity index (χ2n) is 5.78. The highest BCUT2D eigenvalue weighted by Gasteiger charge is 2.22. The number of hydrogen-bond donors (Lipinski definition) is 2. The smallest absolute Gasteiger partial charge is 0.251 e. The number of piperidine rings is 1. The van der Waals surface area contributed by atoms with Crippen molar-refractivity contribution in [2.75, 3.05) is 26.7 Å². The summed E-state index contributed by atoms with van der Waals surface area (Å²) in [7, 11) is 1.74. The largest absolute Gasteiger partial charge is 0.354 e. The van der Waals surface area contributed by atoms with Crippen LogP contribution in [0.2, 0.25) is 0 Å². The molecule has 2 heterocycles. The van der Waals surface area contributed by atoms with E-state index in [4.69, 9.17) is 0 Å². The van der Waals surface area contributed by atoms with E-state index in [9.17, 15) is 8.78 Å². The Morgan fingerprint density at radius 2 is 2.09 bits per heavy atom. The number of likely N-dealkylation sites (tertiary alicyclic amines) is 1. The maximum absolute atomic E-state index is 12.4. The van der Waals surface area contributed by atoms with Crippen molar-refractivity contribution in [2.45, 2.75) is 45.7 Å². The highest BCUT2D eigenvalue weighted by Crippen LogP contribution is 2.16. The molecule has 5 nitrogen and oxygen atoms in total. The lowest BCUT2D eigenvalue weighted by Gasteiger charge is -2.32. The summed E-state index contributed by atoms with van der Waals surface area (Å²) in [4.78, 5) is 11.7. The minimum atomic E-state index is -2.25. The molecule has 23 heavy (non-hydrogen) atoms. The minimum absolute atomic E-state index is 0.121. The third-order valence-electron chi connectivity index (χ3n) is 3.96. The Bertz CT molecular complexity index is 524. The average Bonchev–Trinajstić information content (AvgIpc) is 2.82. The number of hydrogen-bond acceptors (Lipinski definition) is 4. The fourth-order valence-corrected chi connectivity index (χ4v) is 3.62. The van der Waals surface area contributed by atoms with Crippen LogP contribution in [0.1, 0.15) is 28.4 Å². The van der Waals surface area contributed by atoms with E-state index >= 15 is 0 Å². The summed E-state index contributed by atoms with van der Waals surface area (Å²) in [6, 6.07) is 0.277. The molecule has 0 radical (unpaired) electrons. The van der Waals surface area contributed by atoms with Crippen LogP contribution in [0.3, 0.4) is 0 Å². The predicted octanol–water partition coefficient (Wildman–Crippen LogP) is 2.15. The molecule has 0 amide bonds. The first-order valence-corrected chi connectivity index (χ1v) is 8.70. The second-order valence-corrected chi connectivity index (χ2v) is 7.07. The van der Waals surface area contributed by atoms with Crippen LogP contribution in [0.15, 0.2) is 4.99 Å². The average molecular weight is 345 g/mol. The van der Waals surface area contributed by atoms with Crippen LogP contribution in [-0.2, 0) is 6.54 Å². The molecule has 8 heteroatoms. The molecule has 0 aliphatic carbocycles. The van der Waals surface area contributed by atoms with Crippen LogP contribution >= 0.6 is 11.3 Å². The van der Waals surface area contributed by atoms with Gasteiger partial charge in [0.2, 0.25) is 0 Å². The molecule has 1 aromatic heterocycles. The summed E-state index contributed by atoms with van der Waals surface area (Å²) in [6.07, 6.45) is -0.543. The van der Waals surface area contributed by atoms with Crippen LogP contribution in [0, 0.1) is 13.8 Å². The monoisotopic (exact) mass is 345 g/mol. The fraction of sp³-hybridized carbons (Fsp3) is 0.733. The Hall–Kier alpha value is -1.28. The van der Waals surface area contributed by atoms with Gasteiger partial charge in [-0.2, -0.15) is 0 Å². The lowest BCUT2D eigenvalue weighted by atomic mass is 10.1. The summed E-state index contributed by atoms with van der Waals surface area (Å²) < 4.78 is 24.8. The summed E-state index contributed by atoms with van der Waals surface area (Å²) in [5, 5.41) is 7.75. The van der Waals surface area contributed by atoms with Gasteiger partial charge in [-0.25, -0.2) is 13.8 Å². The number of alkyl halides is 2. The molecule has 0 saturated carbocycles. The van der Waals surface area contributed by atoms with Crippen molar-refractivity contribution in [3.05, 3.63) is 15.6 Å². The lowest BCUT2D eigenvalue weighted by Crippen LogP contribution is -2.49. The molecule has 2 N–H and O–H groups in total. The minimum Gasteiger partial charge on any atom is -0.354 e. The maximum Gasteiger partial charge on any atom is 0.251 e. The normalized spacial score (nSPS) is 17.7. The van der Waals surface area contributed by atoms with Crippen LogP contribution in [0.25, 0.3) is 0 Å². The number of guanidine groups is 1. The standard InChI is InChI=1S/C15H25F2N5S/c1-10-13(23-11(2)20-10)8-19-15(18-3)21-12-4-6-22(7-5-12)9-14(16)17/h12,14H,4-9H2,1-3H3,(H2,18,19,21). The maximum atomic E-state index is 12.4. The molecule has 1 aliphatic rings. The predicted molar refractivity (Wildman–Crippen MR) is 90.4 cm³/mol. The third kappa shape index (κ3) is 5.69. The summed E-state index contributed by atoms with van der Waals surface area (Å²) in [5.74, 6) is 0.753. The zero-order valence-electron chi connectivity index (χ0n) is 13.9. The van der Waals surface area contributed by atoms with Gasteiger partial charge >= 0.3 is 0 Å². The van der Waals surface area contributed by atoms with Crippen molar-refractivity contribution in [2.24, 2.45) is 4.99 Å². The molecule has 2 rings (SSSR count). The van der Waals surface area contributed by atoms with Crippen molar-refractivity contribution >= 4 is 17.3 Å². The number of aliphatic imine (C=N–C) groups is 1. The van der Waals surface area contributed by atoms with Crippen LogP contribution in [0.5, 0.6) is 0 Å². The van der Waals surface area contributed by atoms with Crippen molar-refractivity contribution in [3.8, 4) is 0 Å². The summed E-state index contributed by atoms with van der Waals surface area (Å²) >= 11 is 1.68. The number of aromatic nitrogens is 1. The van der Waals surface area contributed by atoms with E-state index in [1.807, 2.05) is 18.7 Å². The molecule has 0 unspecified atom stereocenters. The molecular formula is C15H25F2N5S. The van der Waals surface area contributed by atoms with Gasteiger partial charge in [0.1, 0.15) is 0 Å². The van der Waals surface area contributed by atoms with Gasteiger partial charge in [0.15, 0.2) is 5.96 Å². The second kappa shape index (κ2) is 8.54. The van der Waals surface area contributed by atoms with E-state index in [-0.39, 0.29) is 12.6 Å². The van der Waals surface area contributed by atoms with Crippen molar-refractivity contribution in [1.82, 2.24) is 20.5 Å². The SMILES string of the molecule is CN=C(NCc1sc(C)nc1C)NC1CCN(CC(F)F)CC1. The number of nitrogens with zero attached hydrogens (tertiary/aromatic N) is 3. The van der Waals surface area contributed by atoms with Crippen molar-refractivity contribution < 1.29 is 8.78 Å². The van der Waals surface area contributed by atoms with Gasteiger partial charge in [-0.15, -0.1) is 11.3 Å². The Morgan fingerprint density at radius 3 is 2.61 bits per heavy atom. The first-order chi connectivity index (χ1) is 11.0. The van der Waals surface area contributed by atoms with Gasteiger partial charge in [0.05, 0.1) is 23.8 Å². The van der Waals surface area contributed by atoms with Gasteiger partial charge in [0, 0.05) is 31.1 Å². The van der Waals surface area contributed by atoms with E-state index in [1.165, 1.54) is 4.88 Å². The van der Waals surface area contributed by atoms with E-state index in [2.05, 4.69) is 20.6 Å². The van der Waals surface area contributed by atoms with Gasteiger partial charge in [-0.1, -0.05) is 0 Å². The molecule has 1 fully saturated rings. The third-order valence-corrected chi connectivity index (χ3v) is 5.04. The van der Waals surface area contributed by atoms with Crippen molar-refractivity contribution in [3.63, 3.8) is 0 Å². The Balaban J connectivity index is 1.76. The van der Waals surface area contributed by atoms with E-state index in [1.54, 1.807) is 18.4 Å². The van der Waals surface area contributed by atoms with Crippen molar-refractivity contribution in [1.29, 1.82) is 0 Å². The lowest BCUT2D eigenvalue weighted by molar-refractivity contribution is 0.0744. The van der Waals surface area contributed by atoms with Gasteiger partial charge in [-0.3, -0.25) is 9.89 Å². The molecule has 0 bridgehead atoms. The fourth-order valence-electron chi connectivity index (χ4n) is 2.74. The number of aryl methyl sites for hydroxylation is 2. The number of halogens is 2. The zero-order chi connectivity index (χ0) is 16.8. The molecule has 0 atom stereocenters. The van der Waals surface area contributed by atoms with Crippen LogP contribution < -0.4 is 10.6 Å². The Morgan fingerprint density at radius 1 is 1.39 bits per heavy atom. The highest BCUT2D eigenvalue weighted by atomic mass is 32.1. The molecule has 1 aromatic rings. The number of thiazole rings is 1. The molecule has 130 valence electrons. The summed E-state index contributed by atoms with van der Waals surface area (Å²) in [5.41, 5.74) is 1.05. The highest BCUT2D eigenvalue weighted by molar-refractivity contribution is 7.11. The Kier molecular flexibility index (Phi) is 6.71. The van der Waals surface area contributed by atoms with Gasteiger partial charge in [0.25, 0.3) is 6.43 Å². The molecule has 0 aromatic carbocycles. The quantitative estimate of drug-likeness (QED) is 0.634. The van der Waals surface area contributed by atoms with E-state index in [0.717, 1.165) is 29.5 Å². The Labute approximate surface area is 140 Å². The first kappa shape index (κ1) is 18.1. The first-order valence-electron chi connectivity index (χ1n) is 7.88. The van der Waals surface area contributed by atoms with Gasteiger partial charge < -0.3 is 10.6 Å².